The molecular formula is C25H31N3O6. The summed E-state index contributed by atoms with van der Waals surface area (Å²) < 4.78 is 28.3. The number of benzene rings is 1. The minimum Gasteiger partial charge on any atom is -0.491 e. The maximum Gasteiger partial charge on any atom is 0.256 e. The maximum absolute atomic E-state index is 12.9. The normalized spacial score (nSPS) is 20.5. The van der Waals surface area contributed by atoms with Gasteiger partial charge in [-0.05, 0) is 25.0 Å². The second kappa shape index (κ2) is 9.97. The van der Waals surface area contributed by atoms with E-state index in [-0.39, 0.29) is 17.9 Å². The Morgan fingerprint density at radius 2 is 1.91 bits per heavy atom. The van der Waals surface area contributed by atoms with E-state index in [1.54, 1.807) is 20.4 Å². The van der Waals surface area contributed by atoms with Gasteiger partial charge in [0.05, 0.1) is 44.9 Å². The van der Waals surface area contributed by atoms with Crippen LogP contribution in [0.4, 0.5) is 11.4 Å². The molecule has 1 aromatic carbocycles. The van der Waals surface area contributed by atoms with Crippen LogP contribution in [-0.2, 0) is 9.53 Å². The van der Waals surface area contributed by atoms with Crippen LogP contribution in [0.2, 0.25) is 0 Å². The Kier molecular flexibility index (Phi) is 6.62. The van der Waals surface area contributed by atoms with Gasteiger partial charge in [0.25, 0.3) is 5.88 Å². The van der Waals surface area contributed by atoms with E-state index in [1.165, 1.54) is 0 Å². The van der Waals surface area contributed by atoms with Crippen LogP contribution in [0.1, 0.15) is 19.3 Å². The summed E-state index contributed by atoms with van der Waals surface area (Å²) >= 11 is 0. The standard InChI is InChI=1S/C25H31N3O6/c1-30-23-13-18(15-26-24(23)31-2)28-9-12-33-22-4-3-19(14-21(22)28)34-20-5-8-27(16-20)25(29)17-6-10-32-11-7-17/h3-4,13-15,17,20H,5-12,16H2,1-2H3. The number of pyridine rings is 1. The van der Waals surface area contributed by atoms with Crippen LogP contribution >= 0.6 is 0 Å². The molecule has 0 aliphatic carbocycles. The molecule has 9 heteroatoms. The van der Waals surface area contributed by atoms with Crippen LogP contribution in [0.3, 0.4) is 0 Å². The highest BCUT2D eigenvalue weighted by Gasteiger charge is 2.33. The molecule has 0 spiro atoms. The van der Waals surface area contributed by atoms with Gasteiger partial charge in [0.2, 0.25) is 5.91 Å². The van der Waals surface area contributed by atoms with Crippen LogP contribution in [0.15, 0.2) is 30.5 Å². The van der Waals surface area contributed by atoms with Crippen molar-refractivity contribution in [2.24, 2.45) is 5.92 Å². The molecule has 2 saturated heterocycles. The Morgan fingerprint density at radius 1 is 1.06 bits per heavy atom. The van der Waals surface area contributed by atoms with Crippen LogP contribution < -0.4 is 23.8 Å². The fourth-order valence-corrected chi connectivity index (χ4v) is 4.83. The Hall–Kier alpha value is -3.20. The first kappa shape index (κ1) is 22.6. The minimum absolute atomic E-state index is 0.0254. The molecule has 0 N–H and O–H groups in total. The predicted molar refractivity (Wildman–Crippen MR) is 125 cm³/mol. The fourth-order valence-electron chi connectivity index (χ4n) is 4.83. The van der Waals surface area contributed by atoms with E-state index in [9.17, 15) is 4.79 Å². The molecule has 5 rings (SSSR count). The van der Waals surface area contributed by atoms with Gasteiger partial charge in [-0.3, -0.25) is 4.79 Å². The quantitative estimate of drug-likeness (QED) is 0.639. The molecule has 34 heavy (non-hydrogen) atoms. The number of rotatable bonds is 6. The van der Waals surface area contributed by atoms with Crippen molar-refractivity contribution < 1.29 is 28.5 Å². The molecule has 2 aromatic rings. The van der Waals surface area contributed by atoms with Crippen molar-refractivity contribution >= 4 is 17.3 Å². The number of carbonyl (C=O) groups is 1. The van der Waals surface area contributed by atoms with Gasteiger partial charge in [0.1, 0.15) is 24.2 Å². The van der Waals surface area contributed by atoms with Crippen molar-refractivity contribution in [3.63, 3.8) is 0 Å². The monoisotopic (exact) mass is 469 g/mol. The number of methoxy groups -OCH3 is 2. The molecule has 0 saturated carbocycles. The average Bonchev–Trinajstić information content (AvgIpc) is 3.36. The molecule has 3 aliphatic rings. The Balaban J connectivity index is 1.29. The molecule has 4 heterocycles. The summed E-state index contributed by atoms with van der Waals surface area (Å²) in [5.74, 6) is 2.88. The first-order valence-corrected chi connectivity index (χ1v) is 11.8. The first-order chi connectivity index (χ1) is 16.7. The molecule has 9 nitrogen and oxygen atoms in total. The Labute approximate surface area is 199 Å². The number of nitrogens with zero attached hydrogens (tertiary/aromatic N) is 3. The lowest BCUT2D eigenvalue weighted by Gasteiger charge is -2.32. The highest BCUT2D eigenvalue weighted by molar-refractivity contribution is 5.79. The highest BCUT2D eigenvalue weighted by atomic mass is 16.5. The van der Waals surface area contributed by atoms with Crippen molar-refractivity contribution in [2.45, 2.75) is 25.4 Å². The van der Waals surface area contributed by atoms with Crippen molar-refractivity contribution in [2.75, 3.05) is 58.6 Å². The number of amides is 1. The topological polar surface area (TPSA) is 82.6 Å². The van der Waals surface area contributed by atoms with Crippen LogP contribution in [0.25, 0.3) is 0 Å². The summed E-state index contributed by atoms with van der Waals surface area (Å²) in [6.07, 6.45) is 4.19. The SMILES string of the molecule is COc1cc(N2CCOc3ccc(OC4CCN(C(=O)C5CCOCC5)C4)cc32)cnc1OC. The molecule has 0 radical (unpaired) electrons. The van der Waals surface area contributed by atoms with E-state index >= 15 is 0 Å². The van der Waals surface area contributed by atoms with Gasteiger partial charge in [-0.1, -0.05) is 0 Å². The van der Waals surface area contributed by atoms with Gasteiger partial charge in [0.15, 0.2) is 5.75 Å². The summed E-state index contributed by atoms with van der Waals surface area (Å²) in [5, 5.41) is 0. The van der Waals surface area contributed by atoms with Gasteiger partial charge in [-0.15, -0.1) is 0 Å². The van der Waals surface area contributed by atoms with Crippen molar-refractivity contribution in [3.05, 3.63) is 30.5 Å². The molecule has 1 unspecified atom stereocenters. The molecule has 0 bridgehead atoms. The number of anilines is 2. The lowest BCUT2D eigenvalue weighted by Crippen LogP contribution is -2.38. The Bertz CT molecular complexity index is 1030. The summed E-state index contributed by atoms with van der Waals surface area (Å²) in [6.45, 7) is 3.93. The number of carbonyl (C=O) groups excluding carboxylic acids is 1. The third-order valence-corrected chi connectivity index (χ3v) is 6.65. The minimum atomic E-state index is -0.0254. The van der Waals surface area contributed by atoms with E-state index in [4.69, 9.17) is 23.7 Å². The van der Waals surface area contributed by atoms with Crippen molar-refractivity contribution in [1.82, 2.24) is 9.88 Å². The Morgan fingerprint density at radius 3 is 2.71 bits per heavy atom. The second-order valence-corrected chi connectivity index (χ2v) is 8.73. The van der Waals surface area contributed by atoms with E-state index in [0.29, 0.717) is 44.5 Å². The lowest BCUT2D eigenvalue weighted by molar-refractivity contribution is -0.137. The van der Waals surface area contributed by atoms with Crippen LogP contribution in [0, 0.1) is 5.92 Å². The number of hydrogen-bond donors (Lipinski definition) is 0. The predicted octanol–water partition coefficient (Wildman–Crippen LogP) is 3.04. The van der Waals surface area contributed by atoms with Gasteiger partial charge in [-0.2, -0.15) is 0 Å². The van der Waals surface area contributed by atoms with E-state index in [0.717, 1.165) is 48.7 Å². The lowest BCUT2D eigenvalue weighted by atomic mass is 9.99. The third kappa shape index (κ3) is 4.57. The first-order valence-electron chi connectivity index (χ1n) is 11.8. The highest BCUT2D eigenvalue weighted by Crippen LogP contribution is 2.41. The summed E-state index contributed by atoms with van der Waals surface area (Å²) in [5.41, 5.74) is 1.79. The van der Waals surface area contributed by atoms with Gasteiger partial charge >= 0.3 is 0 Å². The van der Waals surface area contributed by atoms with E-state index in [2.05, 4.69) is 9.88 Å². The smallest absolute Gasteiger partial charge is 0.256 e. The van der Waals surface area contributed by atoms with Gasteiger partial charge in [0, 0.05) is 44.2 Å². The molecule has 1 amide bonds. The zero-order chi connectivity index (χ0) is 23.5. The average molecular weight is 470 g/mol. The van der Waals surface area contributed by atoms with Crippen molar-refractivity contribution in [3.8, 4) is 23.1 Å². The van der Waals surface area contributed by atoms with Crippen LogP contribution in [0.5, 0.6) is 23.1 Å². The zero-order valence-corrected chi connectivity index (χ0v) is 19.7. The number of ether oxygens (including phenoxy) is 5. The number of aromatic nitrogens is 1. The van der Waals surface area contributed by atoms with E-state index in [1.807, 2.05) is 29.2 Å². The summed E-state index contributed by atoms with van der Waals surface area (Å²) in [7, 11) is 3.17. The fraction of sp³-hybridized carbons (Fsp3) is 0.520. The largest absolute Gasteiger partial charge is 0.491 e. The molecule has 1 aromatic heterocycles. The summed E-state index contributed by atoms with van der Waals surface area (Å²) in [6, 6.07) is 7.77. The molecule has 3 aliphatic heterocycles. The molecule has 2 fully saturated rings. The number of fused-ring (bicyclic) bond motifs is 1. The molecule has 182 valence electrons. The third-order valence-electron chi connectivity index (χ3n) is 6.65. The summed E-state index contributed by atoms with van der Waals surface area (Å²) in [4.78, 5) is 21.3. The number of hydrogen-bond acceptors (Lipinski definition) is 8. The van der Waals surface area contributed by atoms with Gasteiger partial charge < -0.3 is 33.5 Å². The second-order valence-electron chi connectivity index (χ2n) is 8.73. The number of likely N-dealkylation sites (tertiary alicyclic amines) is 1. The van der Waals surface area contributed by atoms with Crippen molar-refractivity contribution in [1.29, 1.82) is 0 Å². The van der Waals surface area contributed by atoms with E-state index < -0.39 is 0 Å². The van der Waals surface area contributed by atoms with Crippen LogP contribution in [-0.4, -0.2) is 75.6 Å². The molecular weight excluding hydrogens is 438 g/mol. The zero-order valence-electron chi connectivity index (χ0n) is 19.7. The maximum atomic E-state index is 12.9. The molecule has 1 atom stereocenters. The van der Waals surface area contributed by atoms with Gasteiger partial charge in [-0.25, -0.2) is 4.98 Å².